The van der Waals surface area contributed by atoms with Crippen molar-refractivity contribution in [1.82, 2.24) is 4.90 Å². The van der Waals surface area contributed by atoms with Gasteiger partial charge in [0.1, 0.15) is 23.0 Å². The highest BCUT2D eigenvalue weighted by atomic mass is 19.1. The van der Waals surface area contributed by atoms with Gasteiger partial charge in [-0.05, 0) is 26.2 Å². The number of likely N-dealkylation sites (tertiary alicyclic amines) is 1. The first-order valence-corrected chi connectivity index (χ1v) is 6.63. The Hall–Kier alpha value is -1.56. The minimum atomic E-state index is -1.18. The van der Waals surface area contributed by atoms with Gasteiger partial charge in [-0.2, -0.15) is 0 Å². The highest BCUT2D eigenvalue weighted by molar-refractivity contribution is 5.95. The van der Waals surface area contributed by atoms with E-state index < -0.39 is 28.9 Å². The van der Waals surface area contributed by atoms with Gasteiger partial charge in [-0.3, -0.25) is 4.79 Å². The Morgan fingerprint density at radius 1 is 1.30 bits per heavy atom. The van der Waals surface area contributed by atoms with Crippen molar-refractivity contribution in [3.63, 3.8) is 0 Å². The van der Waals surface area contributed by atoms with Crippen LogP contribution in [0.5, 0.6) is 0 Å². The minimum Gasteiger partial charge on any atom is -0.332 e. The summed E-state index contributed by atoms with van der Waals surface area (Å²) in [5, 5.41) is 0. The van der Waals surface area contributed by atoms with Gasteiger partial charge in [-0.25, -0.2) is 13.2 Å². The Morgan fingerprint density at radius 2 is 1.90 bits per heavy atom. The molecule has 1 saturated heterocycles. The van der Waals surface area contributed by atoms with Crippen LogP contribution in [0.3, 0.4) is 0 Å². The van der Waals surface area contributed by atoms with Gasteiger partial charge in [0.05, 0.1) is 0 Å². The summed E-state index contributed by atoms with van der Waals surface area (Å²) >= 11 is 0. The second kappa shape index (κ2) is 5.83. The van der Waals surface area contributed by atoms with E-state index in [1.807, 2.05) is 6.92 Å². The quantitative estimate of drug-likeness (QED) is 0.907. The summed E-state index contributed by atoms with van der Waals surface area (Å²) in [4.78, 5) is 13.8. The average molecular weight is 286 g/mol. The van der Waals surface area contributed by atoms with Crippen LogP contribution in [0.1, 0.15) is 36.5 Å². The Morgan fingerprint density at radius 3 is 2.45 bits per heavy atom. The van der Waals surface area contributed by atoms with E-state index >= 15 is 0 Å². The lowest BCUT2D eigenvalue weighted by molar-refractivity contribution is 0.0484. The van der Waals surface area contributed by atoms with Crippen molar-refractivity contribution >= 4 is 5.91 Å². The fraction of sp³-hybridized carbons (Fsp3) is 0.500. The zero-order chi connectivity index (χ0) is 14.9. The van der Waals surface area contributed by atoms with Crippen LogP contribution in [0, 0.1) is 17.5 Å². The summed E-state index contributed by atoms with van der Waals surface area (Å²) in [7, 11) is 0. The number of nitrogens with zero attached hydrogens (tertiary/aromatic N) is 1. The molecular weight excluding hydrogens is 269 g/mol. The molecule has 3 nitrogen and oxygen atoms in total. The van der Waals surface area contributed by atoms with Gasteiger partial charge in [0, 0.05) is 30.8 Å². The van der Waals surface area contributed by atoms with Gasteiger partial charge in [0.25, 0.3) is 5.91 Å². The lowest BCUT2D eigenvalue weighted by Crippen LogP contribution is -2.52. The Bertz CT molecular complexity index is 498. The molecule has 1 amide bonds. The van der Waals surface area contributed by atoms with Crippen molar-refractivity contribution in [3.8, 4) is 0 Å². The van der Waals surface area contributed by atoms with E-state index in [0.29, 0.717) is 18.6 Å². The van der Waals surface area contributed by atoms with Crippen LogP contribution < -0.4 is 5.73 Å². The average Bonchev–Trinajstić information content (AvgIpc) is 2.36. The fourth-order valence-electron chi connectivity index (χ4n) is 2.76. The Kier molecular flexibility index (Phi) is 4.32. The molecule has 0 bridgehead atoms. The largest absolute Gasteiger partial charge is 0.332 e. The standard InChI is InChI=1S/C14H17F3N2O/c1-8-3-2-4-10(7-18)19(8)14(20)13-11(16)5-9(15)6-12(13)17/h5-6,8,10H,2-4,7,18H2,1H3. The molecule has 2 unspecified atom stereocenters. The number of hydrogen-bond acceptors (Lipinski definition) is 2. The maximum atomic E-state index is 13.7. The van der Waals surface area contributed by atoms with E-state index in [2.05, 4.69) is 0 Å². The molecule has 0 spiro atoms. The molecule has 1 aromatic carbocycles. The van der Waals surface area contributed by atoms with E-state index in [1.54, 1.807) is 0 Å². The monoisotopic (exact) mass is 286 g/mol. The van der Waals surface area contributed by atoms with Crippen molar-refractivity contribution in [3.05, 3.63) is 35.1 Å². The van der Waals surface area contributed by atoms with Gasteiger partial charge >= 0.3 is 0 Å². The van der Waals surface area contributed by atoms with E-state index in [0.717, 1.165) is 12.8 Å². The predicted octanol–water partition coefficient (Wildman–Crippen LogP) is 2.45. The summed E-state index contributed by atoms with van der Waals surface area (Å²) in [5.74, 6) is -4.16. The number of carbonyl (C=O) groups is 1. The van der Waals surface area contributed by atoms with Crippen molar-refractivity contribution in [2.75, 3.05) is 6.54 Å². The van der Waals surface area contributed by atoms with Gasteiger partial charge < -0.3 is 10.6 Å². The van der Waals surface area contributed by atoms with Crippen molar-refractivity contribution < 1.29 is 18.0 Å². The lowest BCUT2D eigenvalue weighted by Gasteiger charge is -2.40. The normalized spacial score (nSPS) is 22.9. The molecule has 1 aromatic rings. The summed E-state index contributed by atoms with van der Waals surface area (Å²) in [6, 6.07) is 0.647. The summed E-state index contributed by atoms with van der Waals surface area (Å²) < 4.78 is 40.3. The third-order valence-corrected chi connectivity index (χ3v) is 3.75. The zero-order valence-electron chi connectivity index (χ0n) is 11.2. The molecule has 20 heavy (non-hydrogen) atoms. The SMILES string of the molecule is CC1CCCC(CN)N1C(=O)c1c(F)cc(F)cc1F. The molecule has 6 heteroatoms. The van der Waals surface area contributed by atoms with Gasteiger partial charge in [0.15, 0.2) is 0 Å². The molecule has 2 atom stereocenters. The second-order valence-electron chi connectivity index (χ2n) is 5.13. The van der Waals surface area contributed by atoms with Crippen LogP contribution in [-0.2, 0) is 0 Å². The molecule has 110 valence electrons. The number of nitrogens with two attached hydrogens (primary N) is 1. The number of carbonyl (C=O) groups excluding carboxylic acids is 1. The number of piperidine rings is 1. The van der Waals surface area contributed by atoms with Crippen LogP contribution in [0.15, 0.2) is 12.1 Å². The third kappa shape index (κ3) is 2.65. The molecule has 1 aliphatic rings. The molecule has 1 heterocycles. The Balaban J connectivity index is 2.39. The highest BCUT2D eigenvalue weighted by Gasteiger charge is 2.34. The van der Waals surface area contributed by atoms with Crippen LogP contribution in [0.2, 0.25) is 0 Å². The number of amides is 1. The maximum absolute atomic E-state index is 13.7. The molecule has 0 aliphatic carbocycles. The van der Waals surface area contributed by atoms with Crippen LogP contribution in [0.4, 0.5) is 13.2 Å². The van der Waals surface area contributed by atoms with E-state index in [-0.39, 0.29) is 18.6 Å². The highest BCUT2D eigenvalue weighted by Crippen LogP contribution is 2.26. The molecule has 0 aromatic heterocycles. The van der Waals surface area contributed by atoms with Gasteiger partial charge in [-0.1, -0.05) is 0 Å². The molecule has 0 saturated carbocycles. The van der Waals surface area contributed by atoms with E-state index in [4.69, 9.17) is 5.73 Å². The zero-order valence-corrected chi connectivity index (χ0v) is 11.2. The fourth-order valence-corrected chi connectivity index (χ4v) is 2.76. The number of halogens is 3. The maximum Gasteiger partial charge on any atom is 0.260 e. The second-order valence-corrected chi connectivity index (χ2v) is 5.13. The molecule has 2 rings (SSSR count). The predicted molar refractivity (Wildman–Crippen MR) is 68.6 cm³/mol. The molecule has 1 fully saturated rings. The van der Waals surface area contributed by atoms with Crippen LogP contribution in [0.25, 0.3) is 0 Å². The lowest BCUT2D eigenvalue weighted by atomic mass is 9.95. The number of benzene rings is 1. The van der Waals surface area contributed by atoms with Crippen LogP contribution >= 0.6 is 0 Å². The van der Waals surface area contributed by atoms with E-state index in [1.165, 1.54) is 4.90 Å². The molecule has 1 aliphatic heterocycles. The van der Waals surface area contributed by atoms with Crippen molar-refractivity contribution in [1.29, 1.82) is 0 Å². The Labute approximate surface area is 115 Å². The van der Waals surface area contributed by atoms with Crippen LogP contribution in [-0.4, -0.2) is 29.4 Å². The first-order valence-electron chi connectivity index (χ1n) is 6.63. The van der Waals surface area contributed by atoms with E-state index in [9.17, 15) is 18.0 Å². The van der Waals surface area contributed by atoms with Crippen molar-refractivity contribution in [2.24, 2.45) is 5.73 Å². The smallest absolute Gasteiger partial charge is 0.260 e. The minimum absolute atomic E-state index is 0.145. The van der Waals surface area contributed by atoms with Gasteiger partial charge in [-0.15, -0.1) is 0 Å². The first-order chi connectivity index (χ1) is 9.45. The number of hydrogen-bond donors (Lipinski definition) is 1. The third-order valence-electron chi connectivity index (χ3n) is 3.75. The topological polar surface area (TPSA) is 46.3 Å². The first kappa shape index (κ1) is 14.8. The molecule has 0 radical (unpaired) electrons. The van der Waals surface area contributed by atoms with Gasteiger partial charge in [0.2, 0.25) is 0 Å². The molecular formula is C14H17F3N2O. The van der Waals surface area contributed by atoms with Crippen molar-refractivity contribution in [2.45, 2.75) is 38.3 Å². The summed E-state index contributed by atoms with van der Waals surface area (Å²) in [6.07, 6.45) is 2.38. The molecule has 2 N–H and O–H groups in total. The summed E-state index contributed by atoms with van der Waals surface area (Å²) in [5.41, 5.74) is 4.92. The number of rotatable bonds is 2. The summed E-state index contributed by atoms with van der Waals surface area (Å²) in [6.45, 7) is 2.06.